The van der Waals surface area contributed by atoms with Gasteiger partial charge in [-0.1, -0.05) is 48.0 Å². The first-order valence-electron chi connectivity index (χ1n) is 10.3. The quantitative estimate of drug-likeness (QED) is 0.657. The summed E-state index contributed by atoms with van der Waals surface area (Å²) in [5.74, 6) is 0.425. The monoisotopic (exact) mass is 402 g/mol. The molecule has 0 aliphatic heterocycles. The summed E-state index contributed by atoms with van der Waals surface area (Å²) in [5.41, 5.74) is 5.11. The molecular weight excluding hydrogens is 376 g/mol. The first kappa shape index (κ1) is 19.9. The molecule has 0 bridgehead atoms. The van der Waals surface area contributed by atoms with Gasteiger partial charge in [0.25, 0.3) is 0 Å². The molecule has 154 valence electrons. The molecule has 4 rings (SSSR count). The normalized spacial score (nSPS) is 13.5. The number of nitrogens with zero attached hydrogens (tertiary/aromatic N) is 2. The van der Waals surface area contributed by atoms with Crippen molar-refractivity contribution in [3.05, 3.63) is 77.0 Å². The highest BCUT2D eigenvalue weighted by atomic mass is 16.2. The molecule has 1 atom stereocenters. The zero-order valence-electron chi connectivity index (χ0n) is 17.3. The molecule has 3 aromatic rings. The Labute approximate surface area is 176 Å². The molecule has 2 amide bonds. The minimum absolute atomic E-state index is 0.150. The molecule has 1 aliphatic rings. The molecule has 0 saturated heterocycles. The lowest BCUT2D eigenvalue weighted by atomic mass is 10.0. The Hall–Kier alpha value is -3.41. The van der Waals surface area contributed by atoms with Crippen LogP contribution in [0.2, 0.25) is 0 Å². The average molecular weight is 402 g/mol. The highest BCUT2D eigenvalue weighted by molar-refractivity contribution is 5.92. The van der Waals surface area contributed by atoms with Crippen LogP contribution >= 0.6 is 0 Å². The number of anilines is 1. The second-order valence-corrected chi connectivity index (χ2v) is 7.79. The molecule has 6 heteroatoms. The summed E-state index contributed by atoms with van der Waals surface area (Å²) in [6.45, 7) is 3.48. The van der Waals surface area contributed by atoms with Crippen molar-refractivity contribution in [1.82, 2.24) is 15.1 Å². The van der Waals surface area contributed by atoms with Crippen molar-refractivity contribution in [2.45, 2.75) is 45.6 Å². The number of nitrogens with one attached hydrogen (secondary N) is 2. The van der Waals surface area contributed by atoms with Gasteiger partial charge >= 0.3 is 0 Å². The van der Waals surface area contributed by atoms with Gasteiger partial charge in [-0.25, -0.2) is 4.68 Å². The first-order valence-corrected chi connectivity index (χ1v) is 10.3. The van der Waals surface area contributed by atoms with Crippen molar-refractivity contribution in [2.75, 3.05) is 5.32 Å². The highest BCUT2D eigenvalue weighted by Crippen LogP contribution is 2.31. The molecule has 2 N–H and O–H groups in total. The van der Waals surface area contributed by atoms with E-state index < -0.39 is 0 Å². The lowest BCUT2D eigenvalue weighted by molar-refractivity contribution is -0.120. The average Bonchev–Trinajstić information content (AvgIpc) is 3.31. The van der Waals surface area contributed by atoms with E-state index >= 15 is 0 Å². The zero-order valence-corrected chi connectivity index (χ0v) is 17.3. The Morgan fingerprint density at radius 2 is 1.80 bits per heavy atom. The van der Waals surface area contributed by atoms with E-state index in [-0.39, 0.29) is 24.3 Å². The maximum atomic E-state index is 13.0. The Bertz CT molecular complexity index is 1050. The van der Waals surface area contributed by atoms with Gasteiger partial charge in [0.1, 0.15) is 5.82 Å². The summed E-state index contributed by atoms with van der Waals surface area (Å²) in [5, 5.41) is 10.7. The topological polar surface area (TPSA) is 76.0 Å². The third kappa shape index (κ3) is 4.27. The maximum Gasteiger partial charge on any atom is 0.227 e. The Morgan fingerprint density at radius 1 is 1.07 bits per heavy atom. The van der Waals surface area contributed by atoms with E-state index in [1.165, 1.54) is 6.92 Å². The van der Waals surface area contributed by atoms with Crippen LogP contribution < -0.4 is 10.6 Å². The van der Waals surface area contributed by atoms with Gasteiger partial charge < -0.3 is 10.6 Å². The minimum atomic E-state index is -0.385. The number of carbonyl (C=O) groups excluding carboxylic acids is 2. The van der Waals surface area contributed by atoms with Crippen LogP contribution in [0.1, 0.15) is 48.2 Å². The summed E-state index contributed by atoms with van der Waals surface area (Å²) in [6.07, 6.45) is 3.03. The minimum Gasteiger partial charge on any atom is -0.349 e. The van der Waals surface area contributed by atoms with E-state index in [9.17, 15) is 9.59 Å². The molecular formula is C24H26N4O2. The van der Waals surface area contributed by atoms with Crippen LogP contribution in [0.25, 0.3) is 5.69 Å². The van der Waals surface area contributed by atoms with Crippen LogP contribution in [-0.4, -0.2) is 21.6 Å². The summed E-state index contributed by atoms with van der Waals surface area (Å²) in [6, 6.07) is 17.3. The van der Waals surface area contributed by atoms with Gasteiger partial charge in [0.05, 0.1) is 23.8 Å². The van der Waals surface area contributed by atoms with Crippen molar-refractivity contribution in [1.29, 1.82) is 0 Å². The number of aromatic nitrogens is 2. The van der Waals surface area contributed by atoms with Crippen LogP contribution in [0, 0.1) is 6.92 Å². The van der Waals surface area contributed by atoms with Crippen LogP contribution in [-0.2, 0) is 22.4 Å². The summed E-state index contributed by atoms with van der Waals surface area (Å²) >= 11 is 0. The van der Waals surface area contributed by atoms with Gasteiger partial charge in [-0.05, 0) is 43.9 Å². The van der Waals surface area contributed by atoms with Gasteiger partial charge in [-0.3, -0.25) is 9.59 Å². The van der Waals surface area contributed by atoms with Gasteiger partial charge in [-0.15, -0.1) is 0 Å². The van der Waals surface area contributed by atoms with Crippen LogP contribution in [0.3, 0.4) is 0 Å². The number of para-hydroxylation sites is 1. The van der Waals surface area contributed by atoms with Crippen LogP contribution in [0.15, 0.2) is 54.6 Å². The first-order chi connectivity index (χ1) is 14.5. The van der Waals surface area contributed by atoms with Crippen molar-refractivity contribution in [3.8, 4) is 5.69 Å². The fraction of sp³-hybridized carbons (Fsp3) is 0.292. The summed E-state index contributed by atoms with van der Waals surface area (Å²) in [4.78, 5) is 24.8. The van der Waals surface area contributed by atoms with Crippen LogP contribution in [0.5, 0.6) is 0 Å². The third-order valence-corrected chi connectivity index (χ3v) is 5.41. The molecule has 1 aromatic heterocycles. The third-order valence-electron chi connectivity index (χ3n) is 5.41. The van der Waals surface area contributed by atoms with Crippen molar-refractivity contribution in [2.24, 2.45) is 0 Å². The number of carbonyl (C=O) groups is 2. The number of fused-ring (bicyclic) bond motifs is 1. The molecule has 6 nitrogen and oxygen atoms in total. The van der Waals surface area contributed by atoms with E-state index in [1.807, 2.05) is 66.2 Å². The SMILES string of the molecule is CC(=O)N[C@@H](CC(=O)Nc1c2c(nn1-c1ccccc1)CCC2)c1ccc(C)cc1. The fourth-order valence-corrected chi connectivity index (χ4v) is 3.94. The second-order valence-electron chi connectivity index (χ2n) is 7.79. The van der Waals surface area contributed by atoms with E-state index in [2.05, 4.69) is 10.6 Å². The van der Waals surface area contributed by atoms with Crippen molar-refractivity contribution in [3.63, 3.8) is 0 Å². The smallest absolute Gasteiger partial charge is 0.227 e. The van der Waals surface area contributed by atoms with E-state index in [0.29, 0.717) is 0 Å². The summed E-state index contributed by atoms with van der Waals surface area (Å²) in [7, 11) is 0. The number of aryl methyl sites for hydroxylation is 2. The molecule has 0 unspecified atom stereocenters. The standard InChI is InChI=1S/C24H26N4O2/c1-16-11-13-18(14-12-16)22(25-17(2)29)15-23(30)26-24-20-9-6-10-21(20)27-28(24)19-7-4-3-5-8-19/h3-5,7-8,11-14,22H,6,9-10,15H2,1-2H3,(H,25,29)(H,26,30)/t22-/m0/s1. The summed E-state index contributed by atoms with van der Waals surface area (Å²) < 4.78 is 1.82. The highest BCUT2D eigenvalue weighted by Gasteiger charge is 2.25. The van der Waals surface area contributed by atoms with E-state index in [0.717, 1.165) is 53.2 Å². The Morgan fingerprint density at radius 3 is 2.50 bits per heavy atom. The predicted octanol–water partition coefficient (Wildman–Crippen LogP) is 3.88. The van der Waals surface area contributed by atoms with E-state index in [1.54, 1.807) is 0 Å². The Balaban J connectivity index is 1.58. The molecule has 0 saturated carbocycles. The van der Waals surface area contributed by atoms with Gasteiger partial charge in [0, 0.05) is 12.5 Å². The lowest BCUT2D eigenvalue weighted by Gasteiger charge is -2.19. The van der Waals surface area contributed by atoms with Crippen molar-refractivity contribution >= 4 is 17.6 Å². The number of benzene rings is 2. The maximum absolute atomic E-state index is 13.0. The Kier molecular flexibility index (Phi) is 5.65. The number of hydrogen-bond acceptors (Lipinski definition) is 3. The number of amides is 2. The van der Waals surface area contributed by atoms with Crippen molar-refractivity contribution < 1.29 is 9.59 Å². The van der Waals surface area contributed by atoms with Gasteiger partial charge in [0.2, 0.25) is 11.8 Å². The molecule has 0 fully saturated rings. The molecule has 1 heterocycles. The molecule has 1 aliphatic carbocycles. The second kappa shape index (κ2) is 8.53. The molecule has 2 aromatic carbocycles. The zero-order chi connectivity index (χ0) is 21.1. The number of hydrogen-bond donors (Lipinski definition) is 2. The van der Waals surface area contributed by atoms with E-state index in [4.69, 9.17) is 5.10 Å². The molecule has 30 heavy (non-hydrogen) atoms. The fourth-order valence-electron chi connectivity index (χ4n) is 3.94. The van der Waals surface area contributed by atoms with Crippen LogP contribution in [0.4, 0.5) is 5.82 Å². The molecule has 0 radical (unpaired) electrons. The predicted molar refractivity (Wildman–Crippen MR) is 117 cm³/mol. The molecule has 0 spiro atoms. The largest absolute Gasteiger partial charge is 0.349 e. The van der Waals surface area contributed by atoms with Gasteiger partial charge in [0.15, 0.2) is 0 Å². The van der Waals surface area contributed by atoms with Gasteiger partial charge in [-0.2, -0.15) is 5.10 Å². The lowest BCUT2D eigenvalue weighted by Crippen LogP contribution is -2.30. The number of rotatable bonds is 6.